The van der Waals surface area contributed by atoms with E-state index < -0.39 is 0 Å². The van der Waals surface area contributed by atoms with E-state index in [4.69, 9.17) is 0 Å². The average molecular weight is 353 g/mol. The average Bonchev–Trinajstić information content (AvgIpc) is 2.29. The number of hydrogen-bond donors (Lipinski definition) is 1. The second kappa shape index (κ2) is 11.8. The topological polar surface area (TPSA) is 12.0 Å². The number of alkyl halides is 1. The number of halogens is 1. The lowest BCUT2D eigenvalue weighted by atomic mass is 9.97. The zero-order chi connectivity index (χ0) is 13.0. The van der Waals surface area contributed by atoms with Crippen LogP contribution >= 0.6 is 22.6 Å². The van der Waals surface area contributed by atoms with Crippen LogP contribution < -0.4 is 5.32 Å². The van der Waals surface area contributed by atoms with Crippen LogP contribution in [0.25, 0.3) is 0 Å². The first-order valence-corrected chi connectivity index (χ1v) is 8.60. The van der Waals surface area contributed by atoms with Gasteiger partial charge in [-0.05, 0) is 32.4 Å². The normalized spacial score (nSPS) is 14.8. The van der Waals surface area contributed by atoms with Crippen LogP contribution in [0.2, 0.25) is 0 Å². The lowest BCUT2D eigenvalue weighted by molar-refractivity contribution is 0.491. The predicted octanol–water partition coefficient (Wildman–Crippen LogP) is 5.32. The van der Waals surface area contributed by atoms with E-state index in [1.165, 1.54) is 64.3 Å². The Morgan fingerprint density at radius 2 is 1.47 bits per heavy atom. The Bertz CT molecular complexity index is 157. The third kappa shape index (κ3) is 12.9. The van der Waals surface area contributed by atoms with Crippen molar-refractivity contribution in [3.8, 4) is 0 Å². The molecule has 0 rings (SSSR count). The Balaban J connectivity index is 3.37. The van der Waals surface area contributed by atoms with Crippen molar-refractivity contribution in [2.45, 2.75) is 82.0 Å². The van der Waals surface area contributed by atoms with Crippen LogP contribution in [0.5, 0.6) is 0 Å². The standard InChI is InChI=1S/C15H32IN/c1-4-6-7-8-9-10-12-15(3,16)13-11-14-17-5-2/h17H,4-14H2,1-3H3/t15-/m0/s1. The van der Waals surface area contributed by atoms with Gasteiger partial charge in [0.15, 0.2) is 0 Å². The molecular formula is C15H32IN. The van der Waals surface area contributed by atoms with Crippen LogP contribution in [0.15, 0.2) is 0 Å². The molecule has 2 heteroatoms. The van der Waals surface area contributed by atoms with Crippen molar-refractivity contribution >= 4 is 22.6 Å². The molecule has 0 amide bonds. The summed E-state index contributed by atoms with van der Waals surface area (Å²) < 4.78 is 0.526. The maximum Gasteiger partial charge on any atom is 0.0194 e. The van der Waals surface area contributed by atoms with Crippen molar-refractivity contribution in [2.75, 3.05) is 13.1 Å². The highest BCUT2D eigenvalue weighted by Gasteiger charge is 2.18. The van der Waals surface area contributed by atoms with E-state index in [-0.39, 0.29) is 0 Å². The molecule has 0 bridgehead atoms. The molecule has 0 saturated carbocycles. The van der Waals surface area contributed by atoms with Gasteiger partial charge in [-0.25, -0.2) is 0 Å². The minimum Gasteiger partial charge on any atom is -0.317 e. The second-order valence-electron chi connectivity index (χ2n) is 5.39. The number of hydrogen-bond acceptors (Lipinski definition) is 1. The zero-order valence-electron chi connectivity index (χ0n) is 12.2. The van der Waals surface area contributed by atoms with Crippen molar-refractivity contribution in [3.05, 3.63) is 0 Å². The maximum atomic E-state index is 3.41. The minimum atomic E-state index is 0.526. The zero-order valence-corrected chi connectivity index (χ0v) is 14.3. The van der Waals surface area contributed by atoms with E-state index in [9.17, 15) is 0 Å². The van der Waals surface area contributed by atoms with Crippen LogP contribution in [-0.4, -0.2) is 16.5 Å². The molecule has 104 valence electrons. The smallest absolute Gasteiger partial charge is 0.0194 e. The van der Waals surface area contributed by atoms with Crippen LogP contribution in [-0.2, 0) is 0 Å². The van der Waals surface area contributed by atoms with Gasteiger partial charge in [0.25, 0.3) is 0 Å². The van der Waals surface area contributed by atoms with Crippen molar-refractivity contribution in [1.29, 1.82) is 0 Å². The van der Waals surface area contributed by atoms with Gasteiger partial charge in [0.1, 0.15) is 0 Å². The highest BCUT2D eigenvalue weighted by atomic mass is 127. The van der Waals surface area contributed by atoms with E-state index in [0.717, 1.165) is 6.54 Å². The molecule has 0 saturated heterocycles. The van der Waals surface area contributed by atoms with Crippen molar-refractivity contribution in [2.24, 2.45) is 0 Å². The third-order valence-corrected chi connectivity index (χ3v) is 4.43. The number of rotatable bonds is 12. The van der Waals surface area contributed by atoms with Crippen LogP contribution in [0.1, 0.15) is 78.6 Å². The Kier molecular flexibility index (Phi) is 12.2. The van der Waals surface area contributed by atoms with Gasteiger partial charge in [-0.15, -0.1) is 0 Å². The van der Waals surface area contributed by atoms with Gasteiger partial charge in [0, 0.05) is 3.42 Å². The lowest BCUT2D eigenvalue weighted by Gasteiger charge is -2.22. The summed E-state index contributed by atoms with van der Waals surface area (Å²) in [6, 6.07) is 0. The molecule has 0 aromatic carbocycles. The van der Waals surface area contributed by atoms with E-state index in [1.54, 1.807) is 0 Å². The number of unbranched alkanes of at least 4 members (excludes halogenated alkanes) is 5. The maximum absolute atomic E-state index is 3.41. The summed E-state index contributed by atoms with van der Waals surface area (Å²) in [5.74, 6) is 0. The summed E-state index contributed by atoms with van der Waals surface area (Å²) in [6.07, 6.45) is 12.6. The summed E-state index contributed by atoms with van der Waals surface area (Å²) in [7, 11) is 0. The summed E-state index contributed by atoms with van der Waals surface area (Å²) in [5, 5.41) is 3.41. The first-order chi connectivity index (χ1) is 8.12. The van der Waals surface area contributed by atoms with Crippen molar-refractivity contribution < 1.29 is 0 Å². The minimum absolute atomic E-state index is 0.526. The van der Waals surface area contributed by atoms with Gasteiger partial charge in [-0.3, -0.25) is 0 Å². The molecule has 1 nitrogen and oxygen atoms in total. The third-order valence-electron chi connectivity index (χ3n) is 3.35. The van der Waals surface area contributed by atoms with Gasteiger partial charge in [-0.1, -0.05) is 81.9 Å². The number of nitrogens with one attached hydrogen (secondary N) is 1. The quantitative estimate of drug-likeness (QED) is 0.284. The fraction of sp³-hybridized carbons (Fsp3) is 1.00. The largest absolute Gasteiger partial charge is 0.317 e. The molecule has 0 unspecified atom stereocenters. The van der Waals surface area contributed by atoms with E-state index in [1.807, 2.05) is 0 Å². The van der Waals surface area contributed by atoms with Crippen LogP contribution in [0, 0.1) is 0 Å². The molecule has 0 radical (unpaired) electrons. The van der Waals surface area contributed by atoms with Crippen LogP contribution in [0.3, 0.4) is 0 Å². The molecule has 0 aromatic heterocycles. The molecule has 0 spiro atoms. The molecule has 1 atom stereocenters. The molecule has 17 heavy (non-hydrogen) atoms. The first-order valence-electron chi connectivity index (χ1n) is 7.52. The monoisotopic (exact) mass is 353 g/mol. The van der Waals surface area contributed by atoms with Gasteiger partial charge < -0.3 is 5.32 Å². The molecule has 0 aliphatic rings. The fourth-order valence-electron chi connectivity index (χ4n) is 2.16. The molecule has 0 heterocycles. The summed E-state index contributed by atoms with van der Waals surface area (Å²) in [5.41, 5.74) is 0. The highest BCUT2D eigenvalue weighted by molar-refractivity contribution is 14.1. The van der Waals surface area contributed by atoms with Gasteiger partial charge in [0.05, 0.1) is 0 Å². The first kappa shape index (κ1) is 17.7. The summed E-state index contributed by atoms with van der Waals surface area (Å²) in [4.78, 5) is 0. The molecular weight excluding hydrogens is 321 g/mol. The molecule has 1 N–H and O–H groups in total. The van der Waals surface area contributed by atoms with E-state index in [2.05, 4.69) is 48.7 Å². The lowest BCUT2D eigenvalue weighted by Crippen LogP contribution is -2.20. The molecule has 0 aliphatic heterocycles. The Labute approximate surface area is 123 Å². The predicted molar refractivity (Wildman–Crippen MR) is 88.2 cm³/mol. The highest BCUT2D eigenvalue weighted by Crippen LogP contribution is 2.30. The van der Waals surface area contributed by atoms with E-state index in [0.29, 0.717) is 3.42 Å². The van der Waals surface area contributed by atoms with Gasteiger partial charge in [0.2, 0.25) is 0 Å². The van der Waals surface area contributed by atoms with E-state index >= 15 is 0 Å². The second-order valence-corrected chi connectivity index (χ2v) is 7.99. The van der Waals surface area contributed by atoms with Gasteiger partial charge >= 0.3 is 0 Å². The Morgan fingerprint density at radius 3 is 2.12 bits per heavy atom. The van der Waals surface area contributed by atoms with Gasteiger partial charge in [-0.2, -0.15) is 0 Å². The Morgan fingerprint density at radius 1 is 0.882 bits per heavy atom. The molecule has 0 aliphatic carbocycles. The Hall–Kier alpha value is 0.690. The molecule has 0 aromatic rings. The molecule has 0 fully saturated rings. The van der Waals surface area contributed by atoms with Crippen LogP contribution in [0.4, 0.5) is 0 Å². The summed E-state index contributed by atoms with van der Waals surface area (Å²) >= 11 is 2.67. The SMILES string of the molecule is CCCCCCCC[C@](C)(I)CCCNCC. The van der Waals surface area contributed by atoms with Crippen molar-refractivity contribution in [3.63, 3.8) is 0 Å². The summed E-state index contributed by atoms with van der Waals surface area (Å²) in [6.45, 7) is 9.18. The van der Waals surface area contributed by atoms with Crippen molar-refractivity contribution in [1.82, 2.24) is 5.32 Å². The fourth-order valence-corrected chi connectivity index (χ4v) is 2.92.